The van der Waals surface area contributed by atoms with E-state index < -0.39 is 0 Å². The molecule has 2 aliphatic heterocycles. The molecule has 4 rings (SSSR count). The summed E-state index contributed by atoms with van der Waals surface area (Å²) in [5.74, 6) is -0.657. The van der Waals surface area contributed by atoms with E-state index in [2.05, 4.69) is 32.3 Å². The zero-order valence-electron chi connectivity index (χ0n) is 22.2. The van der Waals surface area contributed by atoms with E-state index in [9.17, 15) is 9.59 Å². The Morgan fingerprint density at radius 2 is 1.31 bits per heavy atom. The fraction of sp³-hybridized carbons (Fsp3) is 0.600. The van der Waals surface area contributed by atoms with Gasteiger partial charge in [0.05, 0.1) is 53.1 Å². The number of quaternary nitrogens is 2. The molecule has 6 nitrogen and oxygen atoms in total. The number of carbonyl (C=O) groups is 2. The number of nitrogens with zero attached hydrogens (tertiary/aromatic N) is 2. The fourth-order valence-corrected chi connectivity index (χ4v) is 5.96. The Kier molecular flexibility index (Phi) is 9.02. The van der Waals surface area contributed by atoms with Gasteiger partial charge in [-0.3, -0.25) is 9.59 Å². The molecule has 196 valence electrons. The van der Waals surface area contributed by atoms with Crippen molar-refractivity contribution < 1.29 is 28.0 Å². The first-order chi connectivity index (χ1) is 17.3. The van der Waals surface area contributed by atoms with Gasteiger partial charge in [0.1, 0.15) is 13.1 Å². The molecule has 6 heteroatoms. The second-order valence-electron chi connectivity index (χ2n) is 11.5. The zero-order valence-corrected chi connectivity index (χ0v) is 22.2. The lowest BCUT2D eigenvalue weighted by atomic mass is 10.0. The first kappa shape index (κ1) is 26.6. The number of carbonyl (C=O) groups excluding carboxylic acids is 2. The van der Waals surface area contributed by atoms with Gasteiger partial charge in [0.2, 0.25) is 0 Å². The summed E-state index contributed by atoms with van der Waals surface area (Å²) < 4.78 is 13.8. The minimum absolute atomic E-state index is 0.0413. The van der Waals surface area contributed by atoms with Gasteiger partial charge >= 0.3 is 11.9 Å². The van der Waals surface area contributed by atoms with Crippen LogP contribution in [0.5, 0.6) is 0 Å². The summed E-state index contributed by atoms with van der Waals surface area (Å²) in [6.45, 7) is 6.01. The first-order valence-electron chi connectivity index (χ1n) is 13.8. The van der Waals surface area contributed by atoms with Crippen LogP contribution in [0.1, 0.15) is 63.0 Å². The van der Waals surface area contributed by atoms with Gasteiger partial charge in [-0.2, -0.15) is 0 Å². The third kappa shape index (κ3) is 7.53. The van der Waals surface area contributed by atoms with Crippen molar-refractivity contribution in [1.82, 2.24) is 0 Å². The molecule has 2 unspecified atom stereocenters. The minimum atomic E-state index is -0.335. The lowest BCUT2D eigenvalue weighted by Gasteiger charge is -2.33. The van der Waals surface area contributed by atoms with Crippen LogP contribution in [0.15, 0.2) is 54.1 Å². The number of rotatable bonds is 11. The van der Waals surface area contributed by atoms with Crippen molar-refractivity contribution in [2.75, 3.05) is 53.4 Å². The highest BCUT2D eigenvalue weighted by Gasteiger charge is 2.35. The Morgan fingerprint density at radius 1 is 0.778 bits per heavy atom. The molecule has 0 saturated carbocycles. The van der Waals surface area contributed by atoms with Crippen molar-refractivity contribution in [2.45, 2.75) is 63.6 Å². The molecule has 1 aliphatic carbocycles. The maximum Gasteiger partial charge on any atom is 0.307 e. The minimum Gasteiger partial charge on any atom is -0.451 e. The molecule has 0 radical (unpaired) electrons. The van der Waals surface area contributed by atoms with Crippen molar-refractivity contribution in [3.8, 4) is 0 Å². The molecule has 0 bridgehead atoms. The quantitative estimate of drug-likeness (QED) is 0.329. The Bertz CT molecular complexity index is 943. The van der Waals surface area contributed by atoms with E-state index in [1.54, 1.807) is 0 Å². The molecule has 36 heavy (non-hydrogen) atoms. The summed E-state index contributed by atoms with van der Waals surface area (Å²) in [5, 5.41) is 0. The Morgan fingerprint density at radius 3 is 1.83 bits per heavy atom. The van der Waals surface area contributed by atoms with Crippen LogP contribution in [0.25, 0.3) is 0 Å². The van der Waals surface area contributed by atoms with E-state index in [1.807, 2.05) is 30.3 Å². The predicted molar refractivity (Wildman–Crippen MR) is 141 cm³/mol. The molecule has 0 aromatic heterocycles. The average Bonchev–Trinajstić information content (AvgIpc) is 3.51. The van der Waals surface area contributed by atoms with Crippen LogP contribution >= 0.6 is 0 Å². The third-order valence-corrected chi connectivity index (χ3v) is 8.15. The van der Waals surface area contributed by atoms with E-state index in [1.165, 1.54) is 25.7 Å². The summed E-state index contributed by atoms with van der Waals surface area (Å²) in [7, 11) is 4.50. The average molecular weight is 497 g/mol. The van der Waals surface area contributed by atoms with Gasteiger partial charge in [0, 0.05) is 25.7 Å². The second-order valence-corrected chi connectivity index (χ2v) is 11.5. The van der Waals surface area contributed by atoms with E-state index in [4.69, 9.17) is 9.47 Å². The predicted octanol–water partition coefficient (Wildman–Crippen LogP) is 4.72. The molecule has 2 heterocycles. The highest BCUT2D eigenvalue weighted by molar-refractivity contribution is 5.78. The number of ether oxygens (including phenoxy) is 2. The lowest BCUT2D eigenvalue weighted by Crippen LogP contribution is -2.48. The van der Waals surface area contributed by atoms with Gasteiger partial charge in [-0.25, -0.2) is 0 Å². The number of likely N-dealkylation sites (N-methyl/N-ethyl adjacent to an activating group) is 2. The number of hydrogen-bond donors (Lipinski definition) is 0. The number of allylic oxidation sites excluding steroid dienone is 2. The smallest absolute Gasteiger partial charge is 0.307 e. The maximum absolute atomic E-state index is 12.9. The second kappa shape index (κ2) is 12.2. The van der Waals surface area contributed by atoms with Crippen LogP contribution in [0, 0.1) is 0 Å². The van der Waals surface area contributed by atoms with E-state index in [-0.39, 0.29) is 37.0 Å². The molecule has 1 aromatic carbocycles. The van der Waals surface area contributed by atoms with E-state index in [0.717, 1.165) is 72.2 Å². The summed E-state index contributed by atoms with van der Waals surface area (Å²) >= 11 is 0. The monoisotopic (exact) mass is 496 g/mol. The molecule has 3 aliphatic rings. The third-order valence-electron chi connectivity index (χ3n) is 8.15. The Hall–Kier alpha value is -2.44. The molecular formula is C30H44N2O4+2. The summed E-state index contributed by atoms with van der Waals surface area (Å²) in [5.41, 5.74) is 2.11. The van der Waals surface area contributed by atoms with Crippen LogP contribution < -0.4 is 0 Å². The van der Waals surface area contributed by atoms with Crippen molar-refractivity contribution in [2.24, 2.45) is 0 Å². The summed E-state index contributed by atoms with van der Waals surface area (Å²) in [4.78, 5) is 25.7. The van der Waals surface area contributed by atoms with Crippen molar-refractivity contribution in [1.29, 1.82) is 0 Å². The SMILES string of the molecule is C[N+]1(CC(OC(=O)CCC(=O)OC(C[N+]2(C)CCCC2)c2ccccc2)C2=CCCC=C2)CCCC1. The van der Waals surface area contributed by atoms with Crippen LogP contribution in [0.2, 0.25) is 0 Å². The van der Waals surface area contributed by atoms with Crippen molar-refractivity contribution in [3.05, 3.63) is 59.7 Å². The van der Waals surface area contributed by atoms with Crippen molar-refractivity contribution in [3.63, 3.8) is 0 Å². The molecule has 0 spiro atoms. The number of hydrogen-bond acceptors (Lipinski definition) is 4. The number of likely N-dealkylation sites (tertiary alicyclic amines) is 2. The molecular weight excluding hydrogens is 452 g/mol. The van der Waals surface area contributed by atoms with Crippen LogP contribution in [0.3, 0.4) is 0 Å². The zero-order chi connectivity index (χ0) is 25.4. The van der Waals surface area contributed by atoms with Gasteiger partial charge in [-0.05, 0) is 24.0 Å². The molecule has 2 saturated heterocycles. The van der Waals surface area contributed by atoms with Gasteiger partial charge in [0.15, 0.2) is 12.2 Å². The van der Waals surface area contributed by atoms with Crippen molar-refractivity contribution >= 4 is 11.9 Å². The largest absolute Gasteiger partial charge is 0.451 e. The van der Waals surface area contributed by atoms with Crippen LogP contribution in [-0.4, -0.2) is 80.4 Å². The highest BCUT2D eigenvalue weighted by atomic mass is 16.6. The molecule has 0 N–H and O–H groups in total. The van der Waals surface area contributed by atoms with Gasteiger partial charge in [0.25, 0.3) is 0 Å². The van der Waals surface area contributed by atoms with Crippen LogP contribution in [-0.2, 0) is 19.1 Å². The highest BCUT2D eigenvalue weighted by Crippen LogP contribution is 2.27. The van der Waals surface area contributed by atoms with Gasteiger partial charge in [-0.15, -0.1) is 0 Å². The molecule has 2 fully saturated rings. The summed E-state index contributed by atoms with van der Waals surface area (Å²) in [6.07, 6.45) is 12.9. The Balaban J connectivity index is 1.33. The lowest BCUT2D eigenvalue weighted by molar-refractivity contribution is -0.901. The van der Waals surface area contributed by atoms with Crippen LogP contribution in [0.4, 0.5) is 0 Å². The van der Waals surface area contributed by atoms with Gasteiger partial charge < -0.3 is 18.4 Å². The topological polar surface area (TPSA) is 52.6 Å². The normalized spacial score (nSPS) is 22.0. The number of benzene rings is 1. The maximum atomic E-state index is 12.9. The van der Waals surface area contributed by atoms with E-state index >= 15 is 0 Å². The van der Waals surface area contributed by atoms with E-state index in [0.29, 0.717) is 0 Å². The van der Waals surface area contributed by atoms with Gasteiger partial charge in [-0.1, -0.05) is 48.6 Å². The molecule has 1 aromatic rings. The first-order valence-corrected chi connectivity index (χ1v) is 13.8. The fourth-order valence-electron chi connectivity index (χ4n) is 5.96. The standard InChI is InChI=1S/C30H44N2O4/c1-31(19-9-10-20-31)23-27(25-13-5-3-6-14-25)35-29(33)17-18-30(34)36-28(26-15-7-4-8-16-26)24-32(2)21-11-12-22-32/h3,5-7,13-16,27-28H,4,8-12,17-24H2,1-2H3/q+2. The Labute approximate surface area is 216 Å². The summed E-state index contributed by atoms with van der Waals surface area (Å²) in [6, 6.07) is 9.98. The molecule has 2 atom stereocenters. The number of esters is 2. The molecule has 0 amide bonds.